The van der Waals surface area contributed by atoms with Crippen molar-refractivity contribution in [2.45, 2.75) is 0 Å². The number of amides is 1. The van der Waals surface area contributed by atoms with Crippen molar-refractivity contribution in [2.24, 2.45) is 0 Å². The van der Waals surface area contributed by atoms with Gasteiger partial charge in [-0.05, 0) is 24.3 Å². The number of hydrogen-bond donors (Lipinski definition) is 3. The standard InChI is InChI=1S/C13H11IN2O5/c14-7-10(17)15-9-3-1-8(2-4-9)13(20)21-16-11(18)5-6-12(16)19/h1-6,18-19H,7H2,(H,15,17). The second-order valence-electron chi connectivity index (χ2n) is 3.98. The first kappa shape index (κ1) is 15.2. The number of benzene rings is 1. The maximum atomic E-state index is 11.9. The maximum Gasteiger partial charge on any atom is 0.363 e. The molecule has 0 radical (unpaired) electrons. The maximum absolute atomic E-state index is 11.9. The molecule has 1 aromatic carbocycles. The van der Waals surface area contributed by atoms with Crippen molar-refractivity contribution in [3.8, 4) is 11.8 Å². The van der Waals surface area contributed by atoms with E-state index in [0.29, 0.717) is 14.8 Å². The highest BCUT2D eigenvalue weighted by Crippen LogP contribution is 2.19. The van der Waals surface area contributed by atoms with Gasteiger partial charge in [0.15, 0.2) is 0 Å². The van der Waals surface area contributed by atoms with Gasteiger partial charge in [-0.15, -0.1) is 4.73 Å². The van der Waals surface area contributed by atoms with E-state index >= 15 is 0 Å². The van der Waals surface area contributed by atoms with E-state index in [0.717, 1.165) is 0 Å². The average molecular weight is 402 g/mol. The number of halogens is 1. The zero-order valence-corrected chi connectivity index (χ0v) is 12.8. The molecule has 7 nitrogen and oxygen atoms in total. The number of carbonyl (C=O) groups excluding carboxylic acids is 2. The Labute approximate surface area is 133 Å². The van der Waals surface area contributed by atoms with Crippen LogP contribution in [0.25, 0.3) is 0 Å². The van der Waals surface area contributed by atoms with Gasteiger partial charge < -0.3 is 20.4 Å². The van der Waals surface area contributed by atoms with Crippen LogP contribution in [0.5, 0.6) is 11.8 Å². The average Bonchev–Trinajstić information content (AvgIpc) is 2.79. The molecule has 0 fully saturated rings. The Hall–Kier alpha value is -2.23. The van der Waals surface area contributed by atoms with E-state index in [1.165, 1.54) is 24.3 Å². The number of nitrogens with one attached hydrogen (secondary N) is 1. The highest BCUT2D eigenvalue weighted by atomic mass is 127. The summed E-state index contributed by atoms with van der Waals surface area (Å²) >= 11 is 1.94. The lowest BCUT2D eigenvalue weighted by atomic mass is 10.2. The normalized spacial score (nSPS) is 10.1. The van der Waals surface area contributed by atoms with Crippen LogP contribution < -0.4 is 10.2 Å². The molecule has 1 aromatic heterocycles. The first-order chi connectivity index (χ1) is 10.0. The Bertz CT molecular complexity index is 646. The molecule has 0 spiro atoms. The van der Waals surface area contributed by atoms with Gasteiger partial charge in [0.25, 0.3) is 0 Å². The molecule has 21 heavy (non-hydrogen) atoms. The molecular formula is C13H11IN2O5. The minimum absolute atomic E-state index is 0.145. The lowest BCUT2D eigenvalue weighted by molar-refractivity contribution is -0.113. The summed E-state index contributed by atoms with van der Waals surface area (Å²) in [4.78, 5) is 27.9. The van der Waals surface area contributed by atoms with Crippen molar-refractivity contribution in [3.63, 3.8) is 0 Å². The molecule has 8 heteroatoms. The van der Waals surface area contributed by atoms with Gasteiger partial charge in [0.05, 0.1) is 9.99 Å². The number of anilines is 1. The Morgan fingerprint density at radius 1 is 1.10 bits per heavy atom. The third kappa shape index (κ3) is 3.66. The molecule has 0 saturated carbocycles. The van der Waals surface area contributed by atoms with Gasteiger partial charge >= 0.3 is 5.97 Å². The van der Waals surface area contributed by atoms with Gasteiger partial charge in [0.1, 0.15) is 0 Å². The van der Waals surface area contributed by atoms with Gasteiger partial charge in [0, 0.05) is 17.8 Å². The smallest absolute Gasteiger partial charge is 0.363 e. The van der Waals surface area contributed by atoms with E-state index in [9.17, 15) is 19.8 Å². The third-order valence-corrected chi connectivity index (χ3v) is 3.19. The predicted molar refractivity (Wildman–Crippen MR) is 82.6 cm³/mol. The molecule has 2 aromatic rings. The van der Waals surface area contributed by atoms with Crippen LogP contribution in [0.2, 0.25) is 0 Å². The molecule has 0 unspecified atom stereocenters. The number of hydrogen-bond acceptors (Lipinski definition) is 5. The monoisotopic (exact) mass is 402 g/mol. The SMILES string of the molecule is O=C(CI)Nc1ccc(C(=O)On2c(O)ccc2O)cc1. The Morgan fingerprint density at radius 2 is 1.67 bits per heavy atom. The van der Waals surface area contributed by atoms with Crippen LogP contribution in [-0.4, -0.2) is 31.2 Å². The van der Waals surface area contributed by atoms with E-state index in [-0.39, 0.29) is 11.5 Å². The molecule has 1 amide bonds. The van der Waals surface area contributed by atoms with Gasteiger partial charge in [-0.2, -0.15) is 0 Å². The fourth-order valence-corrected chi connectivity index (χ4v) is 1.71. The zero-order chi connectivity index (χ0) is 15.4. The largest absolute Gasteiger partial charge is 0.492 e. The fourth-order valence-electron chi connectivity index (χ4n) is 1.52. The van der Waals surface area contributed by atoms with Crippen LogP contribution in [0.3, 0.4) is 0 Å². The molecule has 0 bridgehead atoms. The van der Waals surface area contributed by atoms with E-state index < -0.39 is 17.7 Å². The molecule has 0 saturated heterocycles. The second-order valence-corrected chi connectivity index (χ2v) is 4.74. The molecule has 110 valence electrons. The lowest BCUT2D eigenvalue weighted by Crippen LogP contribution is -2.19. The summed E-state index contributed by atoms with van der Waals surface area (Å²) < 4.78 is 0.932. The molecule has 0 aliphatic heterocycles. The highest BCUT2D eigenvalue weighted by molar-refractivity contribution is 14.1. The van der Waals surface area contributed by atoms with E-state index in [1.54, 1.807) is 12.1 Å². The van der Waals surface area contributed by atoms with Crippen molar-refractivity contribution in [3.05, 3.63) is 42.0 Å². The highest BCUT2D eigenvalue weighted by Gasteiger charge is 2.14. The van der Waals surface area contributed by atoms with Crippen LogP contribution >= 0.6 is 22.6 Å². The fraction of sp³-hybridized carbons (Fsp3) is 0.0769. The van der Waals surface area contributed by atoms with Crippen LogP contribution in [0.4, 0.5) is 5.69 Å². The summed E-state index contributed by atoms with van der Waals surface area (Å²) in [5, 5.41) is 21.4. The zero-order valence-electron chi connectivity index (χ0n) is 10.6. The third-order valence-electron chi connectivity index (χ3n) is 2.50. The summed E-state index contributed by atoms with van der Waals surface area (Å²) in [5.74, 6) is -1.70. The summed E-state index contributed by atoms with van der Waals surface area (Å²) in [6.45, 7) is 0. The van der Waals surface area contributed by atoms with Gasteiger partial charge in [0.2, 0.25) is 17.7 Å². The van der Waals surface area contributed by atoms with Crippen LogP contribution in [0.1, 0.15) is 10.4 Å². The van der Waals surface area contributed by atoms with Crippen molar-refractivity contribution >= 4 is 40.2 Å². The van der Waals surface area contributed by atoms with Gasteiger partial charge in [-0.3, -0.25) is 4.79 Å². The second kappa shape index (κ2) is 6.48. The summed E-state index contributed by atoms with van der Waals surface area (Å²) in [5.41, 5.74) is 0.759. The molecule has 0 atom stereocenters. The quantitative estimate of drug-likeness (QED) is 0.532. The molecule has 0 aliphatic carbocycles. The number of carbonyl (C=O) groups is 2. The van der Waals surface area contributed by atoms with Crippen molar-refractivity contribution in [2.75, 3.05) is 9.74 Å². The number of alkyl halides is 1. The number of rotatable bonds is 4. The summed E-state index contributed by atoms with van der Waals surface area (Å²) in [7, 11) is 0. The first-order valence-electron chi connectivity index (χ1n) is 5.79. The Morgan fingerprint density at radius 3 is 2.19 bits per heavy atom. The van der Waals surface area contributed by atoms with E-state index in [2.05, 4.69) is 5.32 Å². The van der Waals surface area contributed by atoms with Crippen LogP contribution in [-0.2, 0) is 4.79 Å². The van der Waals surface area contributed by atoms with Gasteiger partial charge in [-0.25, -0.2) is 4.79 Å². The summed E-state index contributed by atoms with van der Waals surface area (Å²) in [6, 6.07) is 8.40. The van der Waals surface area contributed by atoms with E-state index in [1.807, 2.05) is 22.6 Å². The van der Waals surface area contributed by atoms with Gasteiger partial charge in [-0.1, -0.05) is 22.6 Å². The first-order valence-corrected chi connectivity index (χ1v) is 7.32. The lowest BCUT2D eigenvalue weighted by Gasteiger charge is -2.07. The van der Waals surface area contributed by atoms with Crippen LogP contribution in [0.15, 0.2) is 36.4 Å². The topological polar surface area (TPSA) is 101 Å². The van der Waals surface area contributed by atoms with Crippen LogP contribution in [0, 0.1) is 0 Å². The Balaban J connectivity index is 2.08. The van der Waals surface area contributed by atoms with Crippen molar-refractivity contribution < 1.29 is 24.6 Å². The van der Waals surface area contributed by atoms with Crippen molar-refractivity contribution in [1.29, 1.82) is 0 Å². The number of nitrogens with zero attached hydrogens (tertiary/aromatic N) is 1. The minimum atomic E-state index is -0.761. The molecule has 0 aliphatic rings. The number of aromatic nitrogens is 1. The Kier molecular flexibility index (Phi) is 4.68. The summed E-state index contributed by atoms with van der Waals surface area (Å²) in [6.07, 6.45) is 0. The molecule has 3 N–H and O–H groups in total. The van der Waals surface area contributed by atoms with Crippen molar-refractivity contribution in [1.82, 2.24) is 4.73 Å². The predicted octanol–water partition coefficient (Wildman–Crippen LogP) is 1.54. The van der Waals surface area contributed by atoms with E-state index in [4.69, 9.17) is 4.84 Å². The number of aromatic hydroxyl groups is 2. The molecular weight excluding hydrogens is 391 g/mol. The molecule has 2 rings (SSSR count). The minimum Gasteiger partial charge on any atom is -0.492 e. The molecule has 1 heterocycles.